The van der Waals surface area contributed by atoms with Crippen molar-refractivity contribution in [3.8, 4) is 0 Å². The maximum atomic E-state index is 10.9. The molecule has 0 bridgehead atoms. The van der Waals surface area contributed by atoms with Crippen LogP contribution in [0.15, 0.2) is 0 Å². The average molecular weight is 424 g/mol. The van der Waals surface area contributed by atoms with Gasteiger partial charge in [-0.15, -0.1) is 0 Å². The van der Waals surface area contributed by atoms with Gasteiger partial charge < -0.3 is 20.4 Å². The summed E-state index contributed by atoms with van der Waals surface area (Å²) in [5, 5.41) is 34.4. The van der Waals surface area contributed by atoms with Crippen LogP contribution in [-0.2, 0) is 19.2 Å². The molecule has 0 fully saturated rings. The average Bonchev–Trinajstić information content (AvgIpc) is 2.14. The third-order valence-electron chi connectivity index (χ3n) is 2.03. The zero-order chi connectivity index (χ0) is 14.3. The van der Waals surface area contributed by atoms with Crippen LogP contribution in [0.5, 0.6) is 0 Å². The quantitative estimate of drug-likeness (QED) is 0.273. The number of carboxylic acid groups (broad SMARTS) is 4. The molecule has 9 nitrogen and oxygen atoms in total. The van der Waals surface area contributed by atoms with Gasteiger partial charge in [0, 0.05) is 6.42 Å². The third kappa shape index (κ3) is 20.7. The van der Waals surface area contributed by atoms with Crippen LogP contribution in [0, 0.1) is 0 Å². The minimum atomic E-state index is -1.46. The Bertz CT molecular complexity index is 352. The maximum absolute atomic E-state index is 10.9. The van der Waals surface area contributed by atoms with E-state index >= 15 is 0 Å². The van der Waals surface area contributed by atoms with Gasteiger partial charge in [-0.3, -0.25) is 24.1 Å². The molecule has 0 aliphatic heterocycles. The van der Waals surface area contributed by atoms with Crippen molar-refractivity contribution in [2.75, 3.05) is 13.1 Å². The summed E-state index contributed by atoms with van der Waals surface area (Å²) in [5.41, 5.74) is 0. The number of hydrogen-bond acceptors (Lipinski definition) is 5. The van der Waals surface area contributed by atoms with Gasteiger partial charge in [-0.25, -0.2) is 0 Å². The Morgan fingerprint density at radius 2 is 1.09 bits per heavy atom. The molecule has 0 aromatic rings. The van der Waals surface area contributed by atoms with Crippen molar-refractivity contribution in [3.63, 3.8) is 0 Å². The van der Waals surface area contributed by atoms with Crippen LogP contribution in [0.25, 0.3) is 0 Å². The molecule has 0 aromatic carbocycles. The first-order chi connectivity index (χ1) is 8.23. The SMILES string of the molecule is O=C(O)CC[C@@H](C(=O)O)N(CC(=O)O)CC(=O)O.[KH].[KH].[KH].[KH]. The first-order valence-corrected chi connectivity index (χ1v) is 4.86. The molecular weight excluding hydrogens is 406 g/mol. The zero-order valence-corrected chi connectivity index (χ0v) is 9.27. The topological polar surface area (TPSA) is 152 Å². The van der Waals surface area contributed by atoms with Gasteiger partial charge >= 0.3 is 229 Å². The summed E-state index contributed by atoms with van der Waals surface area (Å²) in [4.78, 5) is 43.0. The standard InChI is InChI=1S/C9H13NO8.4K.4H/c11-6(12)2-1-5(9(17)18)10(3-7(13)14)4-8(15)16;;;;;;;;/h5H,1-4H2,(H,11,12)(H,13,14)(H,15,16)(H,17,18);;;;;;;;/t5-;;;;;;;;/m0......../s1. The van der Waals surface area contributed by atoms with E-state index in [1.165, 1.54) is 0 Å². The van der Waals surface area contributed by atoms with Gasteiger partial charge in [0.25, 0.3) is 0 Å². The first-order valence-electron chi connectivity index (χ1n) is 4.86. The Kier molecular flexibility index (Phi) is 36.6. The second-order valence-electron chi connectivity index (χ2n) is 3.48. The van der Waals surface area contributed by atoms with E-state index in [0.29, 0.717) is 4.90 Å². The number of carboxylic acids is 4. The van der Waals surface area contributed by atoms with E-state index in [-0.39, 0.29) is 212 Å². The predicted octanol–water partition coefficient (Wildman–Crippen LogP) is -3.82. The molecule has 1 atom stereocenters. The van der Waals surface area contributed by atoms with Gasteiger partial charge in [0.15, 0.2) is 0 Å². The summed E-state index contributed by atoms with van der Waals surface area (Å²) in [6, 6.07) is -1.46. The normalized spacial score (nSPS) is 9.86. The van der Waals surface area contributed by atoms with Crippen LogP contribution in [-0.4, -0.2) is 274 Å². The number of nitrogens with zero attached hydrogens (tertiary/aromatic N) is 1. The number of rotatable bonds is 9. The van der Waals surface area contributed by atoms with E-state index in [1.807, 2.05) is 0 Å². The summed E-state index contributed by atoms with van der Waals surface area (Å²) in [5.74, 6) is -5.48. The Morgan fingerprint density at radius 1 is 0.727 bits per heavy atom. The van der Waals surface area contributed by atoms with Crippen molar-refractivity contribution < 1.29 is 39.6 Å². The van der Waals surface area contributed by atoms with Crippen LogP contribution in [0.3, 0.4) is 0 Å². The Balaban J connectivity index is -0.000000241. The van der Waals surface area contributed by atoms with Crippen molar-refractivity contribution >= 4 is 229 Å². The molecule has 0 saturated carbocycles. The van der Waals surface area contributed by atoms with Crippen molar-refractivity contribution in [1.29, 1.82) is 0 Å². The molecule has 4 N–H and O–H groups in total. The van der Waals surface area contributed by atoms with E-state index in [0.717, 1.165) is 0 Å². The molecular formula is C9H17K4NO8. The Labute approximate surface area is 297 Å². The van der Waals surface area contributed by atoms with E-state index in [4.69, 9.17) is 20.4 Å². The predicted molar refractivity (Wildman–Crippen MR) is 83.7 cm³/mol. The van der Waals surface area contributed by atoms with Gasteiger partial charge in [0.2, 0.25) is 0 Å². The molecule has 110 valence electrons. The zero-order valence-electron chi connectivity index (χ0n) is 9.27. The molecule has 0 heterocycles. The van der Waals surface area contributed by atoms with Gasteiger partial charge in [-0.1, -0.05) is 0 Å². The summed E-state index contributed by atoms with van der Waals surface area (Å²) in [6.45, 7) is -1.58. The van der Waals surface area contributed by atoms with E-state index in [9.17, 15) is 19.2 Å². The first kappa shape index (κ1) is 37.2. The minimum absolute atomic E-state index is 0. The van der Waals surface area contributed by atoms with Gasteiger partial charge in [0.1, 0.15) is 6.04 Å². The van der Waals surface area contributed by atoms with Crippen molar-refractivity contribution in [2.24, 2.45) is 0 Å². The molecule has 0 rings (SSSR count). The Hall–Kier alpha value is 4.39. The van der Waals surface area contributed by atoms with E-state index in [2.05, 4.69) is 0 Å². The molecule has 0 radical (unpaired) electrons. The molecule has 0 saturated heterocycles. The van der Waals surface area contributed by atoms with Gasteiger partial charge in [0.05, 0.1) is 13.1 Å². The molecule has 0 unspecified atom stereocenters. The molecule has 0 aromatic heterocycles. The van der Waals surface area contributed by atoms with Crippen molar-refractivity contribution in [2.45, 2.75) is 18.9 Å². The summed E-state index contributed by atoms with van der Waals surface area (Å²) in [6.07, 6.45) is -0.863. The number of hydrogen-bond donors (Lipinski definition) is 4. The molecule has 0 amide bonds. The van der Waals surface area contributed by atoms with E-state index in [1.54, 1.807) is 0 Å². The molecule has 0 aliphatic rings. The number of carbonyl (C=O) groups is 4. The molecule has 0 spiro atoms. The fourth-order valence-electron chi connectivity index (χ4n) is 1.35. The second kappa shape index (κ2) is 21.7. The van der Waals surface area contributed by atoms with Crippen molar-refractivity contribution in [3.05, 3.63) is 0 Å². The van der Waals surface area contributed by atoms with Crippen LogP contribution in [0.2, 0.25) is 0 Å². The fraction of sp³-hybridized carbons (Fsp3) is 0.556. The summed E-state index contributed by atoms with van der Waals surface area (Å²) >= 11 is 0. The fourth-order valence-corrected chi connectivity index (χ4v) is 1.35. The van der Waals surface area contributed by atoms with E-state index < -0.39 is 49.4 Å². The van der Waals surface area contributed by atoms with Crippen LogP contribution >= 0.6 is 0 Å². The van der Waals surface area contributed by atoms with Gasteiger partial charge in [-0.05, 0) is 6.42 Å². The molecule has 22 heavy (non-hydrogen) atoms. The van der Waals surface area contributed by atoms with Crippen LogP contribution < -0.4 is 0 Å². The third-order valence-corrected chi connectivity index (χ3v) is 2.03. The summed E-state index contributed by atoms with van der Waals surface area (Å²) < 4.78 is 0. The Morgan fingerprint density at radius 3 is 1.32 bits per heavy atom. The monoisotopic (exact) mass is 423 g/mol. The van der Waals surface area contributed by atoms with Gasteiger partial charge in [-0.2, -0.15) is 0 Å². The number of aliphatic carboxylic acids is 4. The molecule has 0 aliphatic carbocycles. The second-order valence-corrected chi connectivity index (χ2v) is 3.48. The van der Waals surface area contributed by atoms with Crippen molar-refractivity contribution in [1.82, 2.24) is 4.90 Å². The van der Waals surface area contributed by atoms with Crippen LogP contribution in [0.4, 0.5) is 0 Å². The van der Waals surface area contributed by atoms with Crippen LogP contribution in [0.1, 0.15) is 12.8 Å². The molecule has 13 heteroatoms. The summed E-state index contributed by atoms with van der Waals surface area (Å²) in [7, 11) is 0.